The minimum absolute atomic E-state index is 0.0226. The molecule has 1 rings (SSSR count). The summed E-state index contributed by atoms with van der Waals surface area (Å²) in [5, 5.41) is 8.16. The fourth-order valence-electron chi connectivity index (χ4n) is 0.970. The maximum Gasteiger partial charge on any atom is 0.224 e. The van der Waals surface area contributed by atoms with Crippen LogP contribution in [0.25, 0.3) is 0 Å². The van der Waals surface area contributed by atoms with Crippen LogP contribution in [0.3, 0.4) is 0 Å². The number of hydrogen-bond acceptors (Lipinski definition) is 6. The molecule has 0 aliphatic heterocycles. The van der Waals surface area contributed by atoms with Crippen molar-refractivity contribution in [1.29, 1.82) is 0 Å². The molecular weight excluding hydrogens is 234 g/mol. The minimum atomic E-state index is -0.128. The molecule has 7 nitrogen and oxygen atoms in total. The smallest absolute Gasteiger partial charge is 0.224 e. The van der Waals surface area contributed by atoms with Gasteiger partial charge in [-0.2, -0.15) is 4.98 Å². The van der Waals surface area contributed by atoms with E-state index >= 15 is 0 Å². The van der Waals surface area contributed by atoms with Crippen LogP contribution < -0.4 is 10.6 Å². The lowest BCUT2D eigenvalue weighted by Gasteiger charge is -2.06. The maximum atomic E-state index is 10.6. The number of nitrogens with zero attached hydrogens (tertiary/aromatic N) is 3. The topological polar surface area (TPSA) is 96.3 Å². The van der Waals surface area contributed by atoms with Gasteiger partial charge < -0.3 is 10.6 Å². The van der Waals surface area contributed by atoms with Gasteiger partial charge in [-0.1, -0.05) is 0 Å². The van der Waals surface area contributed by atoms with E-state index in [9.17, 15) is 9.70 Å². The second-order valence-corrected chi connectivity index (χ2v) is 3.21. The molecule has 0 aliphatic rings. The number of nitroso groups, excluding NO2 is 1. The largest absolute Gasteiger partial charge is 0.366 e. The second kappa shape index (κ2) is 5.96. The number of hydrogen-bond donors (Lipinski definition) is 2. The molecule has 0 unspecified atom stereocenters. The molecule has 0 aliphatic carbocycles. The summed E-state index contributed by atoms with van der Waals surface area (Å²) >= 11 is 5.56. The van der Waals surface area contributed by atoms with Gasteiger partial charge in [-0.05, 0) is 16.8 Å². The molecule has 0 saturated carbocycles. The third kappa shape index (κ3) is 3.77. The lowest BCUT2D eigenvalue weighted by molar-refractivity contribution is -0.118. The fourth-order valence-corrected chi connectivity index (χ4v) is 1.10. The van der Waals surface area contributed by atoms with Gasteiger partial charge in [0.25, 0.3) is 0 Å². The highest BCUT2D eigenvalue weighted by Crippen LogP contribution is 2.21. The van der Waals surface area contributed by atoms with Crippen molar-refractivity contribution >= 4 is 29.0 Å². The SMILES string of the molecule is CC(=O)NCCNc1nc(Cl)ncc1N=O. The molecule has 0 bridgehead atoms. The van der Waals surface area contributed by atoms with Gasteiger partial charge in [0.2, 0.25) is 11.2 Å². The number of amides is 1. The summed E-state index contributed by atoms with van der Waals surface area (Å²) in [6, 6.07) is 0. The monoisotopic (exact) mass is 243 g/mol. The van der Waals surface area contributed by atoms with E-state index in [2.05, 4.69) is 25.8 Å². The summed E-state index contributed by atoms with van der Waals surface area (Å²) in [4.78, 5) is 28.4. The van der Waals surface area contributed by atoms with Crippen LogP contribution in [0.1, 0.15) is 6.92 Å². The fraction of sp³-hybridized carbons (Fsp3) is 0.375. The zero-order valence-electron chi connectivity index (χ0n) is 8.53. The maximum absolute atomic E-state index is 10.6. The van der Waals surface area contributed by atoms with Gasteiger partial charge in [-0.15, -0.1) is 4.91 Å². The molecule has 1 aromatic heterocycles. The van der Waals surface area contributed by atoms with E-state index in [1.165, 1.54) is 13.1 Å². The van der Waals surface area contributed by atoms with Crippen LogP contribution in [0.15, 0.2) is 11.4 Å². The van der Waals surface area contributed by atoms with E-state index in [4.69, 9.17) is 11.6 Å². The highest BCUT2D eigenvalue weighted by molar-refractivity contribution is 6.28. The Morgan fingerprint density at radius 3 is 2.94 bits per heavy atom. The standard InChI is InChI=1S/C8H10ClN5O2/c1-5(15)10-2-3-11-7-6(14-16)4-12-8(9)13-7/h4H,2-3H2,1H3,(H,10,15)(H,11,12,13). The summed E-state index contributed by atoms with van der Waals surface area (Å²) in [5.41, 5.74) is 0.0761. The Balaban J connectivity index is 2.55. The van der Waals surface area contributed by atoms with E-state index in [1.54, 1.807) is 0 Å². The van der Waals surface area contributed by atoms with Crippen molar-refractivity contribution in [3.63, 3.8) is 0 Å². The number of rotatable bonds is 5. The van der Waals surface area contributed by atoms with Crippen LogP contribution in [-0.4, -0.2) is 29.0 Å². The highest BCUT2D eigenvalue weighted by Gasteiger charge is 2.05. The third-order valence-corrected chi connectivity index (χ3v) is 1.81. The molecule has 0 atom stereocenters. The Morgan fingerprint density at radius 2 is 2.31 bits per heavy atom. The third-order valence-electron chi connectivity index (χ3n) is 1.63. The quantitative estimate of drug-likeness (QED) is 0.458. The van der Waals surface area contributed by atoms with E-state index < -0.39 is 0 Å². The van der Waals surface area contributed by atoms with Crippen LogP contribution >= 0.6 is 11.6 Å². The predicted octanol–water partition coefficient (Wildman–Crippen LogP) is 1.08. The molecule has 0 radical (unpaired) electrons. The number of anilines is 1. The summed E-state index contributed by atoms with van der Waals surface area (Å²) in [6.07, 6.45) is 1.23. The van der Waals surface area contributed by atoms with Crippen molar-refractivity contribution in [2.75, 3.05) is 18.4 Å². The summed E-state index contributed by atoms with van der Waals surface area (Å²) < 4.78 is 0. The van der Waals surface area contributed by atoms with Crippen LogP contribution in [0.4, 0.5) is 11.5 Å². The molecule has 16 heavy (non-hydrogen) atoms. The van der Waals surface area contributed by atoms with Gasteiger partial charge >= 0.3 is 0 Å². The zero-order chi connectivity index (χ0) is 12.0. The molecule has 86 valence electrons. The van der Waals surface area contributed by atoms with Crippen LogP contribution in [0.5, 0.6) is 0 Å². The number of aromatic nitrogens is 2. The molecule has 0 aromatic carbocycles. The van der Waals surface area contributed by atoms with E-state index in [0.717, 1.165) is 0 Å². The van der Waals surface area contributed by atoms with Crippen molar-refractivity contribution < 1.29 is 4.79 Å². The first-order valence-electron chi connectivity index (χ1n) is 4.47. The van der Waals surface area contributed by atoms with Crippen LogP contribution in [-0.2, 0) is 4.79 Å². The van der Waals surface area contributed by atoms with Crippen molar-refractivity contribution in [2.24, 2.45) is 5.18 Å². The predicted molar refractivity (Wildman–Crippen MR) is 59.7 cm³/mol. The highest BCUT2D eigenvalue weighted by atomic mass is 35.5. The van der Waals surface area contributed by atoms with E-state index in [-0.39, 0.29) is 22.7 Å². The number of halogens is 1. The Labute approximate surface area is 96.6 Å². The molecular formula is C8H10ClN5O2. The van der Waals surface area contributed by atoms with Crippen molar-refractivity contribution in [2.45, 2.75) is 6.92 Å². The van der Waals surface area contributed by atoms with E-state index in [0.29, 0.717) is 13.1 Å². The zero-order valence-corrected chi connectivity index (χ0v) is 9.28. The van der Waals surface area contributed by atoms with Gasteiger partial charge in [0.1, 0.15) is 0 Å². The van der Waals surface area contributed by atoms with Crippen LogP contribution in [0.2, 0.25) is 5.28 Å². The first-order valence-corrected chi connectivity index (χ1v) is 4.85. The lowest BCUT2D eigenvalue weighted by Crippen LogP contribution is -2.26. The number of carbonyl (C=O) groups excluding carboxylic acids is 1. The summed E-state index contributed by atoms with van der Waals surface area (Å²) in [7, 11) is 0. The summed E-state index contributed by atoms with van der Waals surface area (Å²) in [5.74, 6) is 0.122. The average Bonchev–Trinajstić information content (AvgIpc) is 2.24. The molecule has 2 N–H and O–H groups in total. The second-order valence-electron chi connectivity index (χ2n) is 2.87. The van der Waals surface area contributed by atoms with Gasteiger partial charge in [0.15, 0.2) is 11.5 Å². The van der Waals surface area contributed by atoms with Gasteiger partial charge in [0, 0.05) is 20.0 Å². The molecule has 8 heteroatoms. The van der Waals surface area contributed by atoms with Crippen LogP contribution in [0, 0.1) is 4.91 Å². The van der Waals surface area contributed by atoms with E-state index in [1.807, 2.05) is 0 Å². The van der Waals surface area contributed by atoms with Gasteiger partial charge in [-0.25, -0.2) is 4.98 Å². The Hall–Kier alpha value is -1.76. The normalized spacial score (nSPS) is 9.62. The number of carbonyl (C=O) groups is 1. The van der Waals surface area contributed by atoms with Crippen molar-refractivity contribution in [3.8, 4) is 0 Å². The molecule has 0 saturated heterocycles. The Morgan fingerprint density at radius 1 is 1.56 bits per heavy atom. The Bertz CT molecular complexity index is 398. The molecule has 1 amide bonds. The average molecular weight is 244 g/mol. The first kappa shape index (κ1) is 12.3. The number of nitrogens with one attached hydrogen (secondary N) is 2. The molecule has 1 aromatic rings. The van der Waals surface area contributed by atoms with Crippen molar-refractivity contribution in [1.82, 2.24) is 15.3 Å². The Kier molecular flexibility index (Phi) is 4.59. The van der Waals surface area contributed by atoms with Gasteiger partial charge in [-0.3, -0.25) is 4.79 Å². The summed E-state index contributed by atoms with van der Waals surface area (Å²) in [6.45, 7) is 2.24. The lowest BCUT2D eigenvalue weighted by atomic mass is 10.4. The van der Waals surface area contributed by atoms with Gasteiger partial charge in [0.05, 0.1) is 6.20 Å². The molecule has 0 fully saturated rings. The minimum Gasteiger partial charge on any atom is -0.366 e. The molecule has 1 heterocycles. The van der Waals surface area contributed by atoms with Crippen molar-refractivity contribution in [3.05, 3.63) is 16.4 Å². The molecule has 0 spiro atoms. The first-order chi connectivity index (χ1) is 7.63.